The van der Waals surface area contributed by atoms with Crippen LogP contribution in [0.15, 0.2) is 60.9 Å². The molecule has 0 fully saturated rings. The number of methoxy groups -OCH3 is 1. The van der Waals surface area contributed by atoms with E-state index in [2.05, 4.69) is 33.6 Å². The fourth-order valence-corrected chi connectivity index (χ4v) is 2.57. The molecule has 0 aliphatic rings. The van der Waals surface area contributed by atoms with Crippen molar-refractivity contribution in [3.05, 3.63) is 72.2 Å². The van der Waals surface area contributed by atoms with Crippen LogP contribution >= 0.6 is 0 Å². The molecule has 1 heterocycles. The third-order valence-corrected chi connectivity index (χ3v) is 3.92. The van der Waals surface area contributed by atoms with Gasteiger partial charge in [0.25, 0.3) is 5.91 Å². The van der Waals surface area contributed by atoms with Crippen molar-refractivity contribution in [3.8, 4) is 5.75 Å². The van der Waals surface area contributed by atoms with Crippen LogP contribution in [0.25, 0.3) is 0 Å². The van der Waals surface area contributed by atoms with Crippen molar-refractivity contribution in [3.63, 3.8) is 0 Å². The first-order chi connectivity index (χ1) is 12.7. The monoisotopic (exact) mass is 348 g/mol. The van der Waals surface area contributed by atoms with Gasteiger partial charge in [0, 0.05) is 11.8 Å². The highest BCUT2D eigenvalue weighted by Crippen LogP contribution is 2.24. The van der Waals surface area contributed by atoms with Crippen LogP contribution in [0.5, 0.6) is 5.75 Å². The lowest BCUT2D eigenvalue weighted by Gasteiger charge is -2.11. The molecule has 2 aromatic carbocycles. The molecule has 0 aliphatic carbocycles. The van der Waals surface area contributed by atoms with Gasteiger partial charge in [-0.05, 0) is 30.2 Å². The Morgan fingerprint density at radius 2 is 1.77 bits per heavy atom. The maximum atomic E-state index is 12.5. The molecule has 6 heteroatoms. The number of benzene rings is 2. The average molecular weight is 348 g/mol. The van der Waals surface area contributed by atoms with E-state index in [1.54, 1.807) is 25.3 Å². The summed E-state index contributed by atoms with van der Waals surface area (Å²) >= 11 is 0. The number of amides is 1. The Bertz CT molecular complexity index is 912. The highest BCUT2D eigenvalue weighted by Gasteiger charge is 2.12. The predicted molar refractivity (Wildman–Crippen MR) is 102 cm³/mol. The molecule has 0 saturated heterocycles. The molecule has 6 nitrogen and oxygen atoms in total. The minimum atomic E-state index is -0.330. The van der Waals surface area contributed by atoms with E-state index in [1.807, 2.05) is 30.3 Å². The van der Waals surface area contributed by atoms with Gasteiger partial charge in [-0.2, -0.15) is 0 Å². The first-order valence-electron chi connectivity index (χ1n) is 8.32. The molecule has 0 saturated carbocycles. The van der Waals surface area contributed by atoms with Crippen LogP contribution in [0.2, 0.25) is 0 Å². The van der Waals surface area contributed by atoms with E-state index in [-0.39, 0.29) is 11.6 Å². The number of hydrogen-bond acceptors (Lipinski definition) is 5. The van der Waals surface area contributed by atoms with Gasteiger partial charge in [-0.15, -0.1) is 0 Å². The van der Waals surface area contributed by atoms with E-state index in [9.17, 15) is 4.79 Å². The van der Waals surface area contributed by atoms with Gasteiger partial charge in [0.2, 0.25) is 0 Å². The number of aromatic nitrogens is 2. The third kappa shape index (κ3) is 3.97. The Morgan fingerprint density at radius 3 is 2.54 bits per heavy atom. The molecular formula is C20H20N4O2. The molecule has 26 heavy (non-hydrogen) atoms. The molecule has 0 unspecified atom stereocenters. The minimum absolute atomic E-state index is 0.266. The van der Waals surface area contributed by atoms with Gasteiger partial charge in [-0.25, -0.2) is 9.97 Å². The lowest BCUT2D eigenvalue weighted by atomic mass is 10.1. The Labute approximate surface area is 152 Å². The van der Waals surface area contributed by atoms with E-state index in [0.717, 1.165) is 12.1 Å². The molecule has 3 rings (SSSR count). The van der Waals surface area contributed by atoms with E-state index >= 15 is 0 Å². The molecule has 132 valence electrons. The predicted octanol–water partition coefficient (Wildman–Crippen LogP) is 4.04. The maximum Gasteiger partial charge on any atom is 0.274 e. The number of nitrogens with one attached hydrogen (secondary N) is 2. The van der Waals surface area contributed by atoms with Gasteiger partial charge in [-0.1, -0.05) is 37.3 Å². The molecule has 0 radical (unpaired) electrons. The number of carbonyl (C=O) groups excluding carboxylic acids is 1. The Morgan fingerprint density at radius 1 is 1.04 bits per heavy atom. The van der Waals surface area contributed by atoms with Crippen molar-refractivity contribution < 1.29 is 9.53 Å². The minimum Gasteiger partial charge on any atom is -0.495 e. The van der Waals surface area contributed by atoms with E-state index in [4.69, 9.17) is 4.74 Å². The van der Waals surface area contributed by atoms with Gasteiger partial charge in [0.15, 0.2) is 0 Å². The largest absolute Gasteiger partial charge is 0.495 e. The zero-order valence-corrected chi connectivity index (χ0v) is 14.7. The zero-order valence-electron chi connectivity index (χ0n) is 14.7. The quantitative estimate of drug-likeness (QED) is 0.703. The van der Waals surface area contributed by atoms with Gasteiger partial charge < -0.3 is 15.4 Å². The molecule has 0 aliphatic heterocycles. The number of para-hydroxylation sites is 3. The maximum absolute atomic E-state index is 12.5. The number of carbonyl (C=O) groups is 1. The third-order valence-electron chi connectivity index (χ3n) is 3.92. The summed E-state index contributed by atoms with van der Waals surface area (Å²) < 4.78 is 5.25. The van der Waals surface area contributed by atoms with Crippen LogP contribution in [-0.4, -0.2) is 23.0 Å². The van der Waals surface area contributed by atoms with Crippen LogP contribution in [0.1, 0.15) is 23.0 Å². The van der Waals surface area contributed by atoms with Crippen LogP contribution in [-0.2, 0) is 6.42 Å². The molecule has 1 aromatic heterocycles. The normalized spacial score (nSPS) is 10.2. The number of rotatable bonds is 6. The van der Waals surface area contributed by atoms with E-state index in [1.165, 1.54) is 11.9 Å². The van der Waals surface area contributed by atoms with E-state index < -0.39 is 0 Å². The molecular weight excluding hydrogens is 328 g/mol. The van der Waals surface area contributed by atoms with Crippen LogP contribution in [0.3, 0.4) is 0 Å². The second kappa shape index (κ2) is 8.11. The van der Waals surface area contributed by atoms with Crippen LogP contribution in [0.4, 0.5) is 17.2 Å². The van der Waals surface area contributed by atoms with E-state index in [0.29, 0.717) is 17.3 Å². The van der Waals surface area contributed by atoms with Crippen molar-refractivity contribution in [2.24, 2.45) is 0 Å². The molecule has 0 bridgehead atoms. The van der Waals surface area contributed by atoms with Crippen molar-refractivity contribution in [2.75, 3.05) is 17.7 Å². The zero-order chi connectivity index (χ0) is 18.4. The Kier molecular flexibility index (Phi) is 5.43. The molecule has 2 N–H and O–H groups in total. The first kappa shape index (κ1) is 17.4. The molecule has 1 amide bonds. The lowest BCUT2D eigenvalue weighted by molar-refractivity contribution is 0.102. The Hall–Kier alpha value is -3.41. The number of ether oxygens (including phenoxy) is 1. The number of nitrogens with zero attached hydrogens (tertiary/aromatic N) is 2. The summed E-state index contributed by atoms with van der Waals surface area (Å²) in [6, 6.07) is 16.8. The number of anilines is 3. The highest BCUT2D eigenvalue weighted by atomic mass is 16.5. The summed E-state index contributed by atoms with van der Waals surface area (Å²) in [5.74, 6) is 0.819. The summed E-state index contributed by atoms with van der Waals surface area (Å²) in [6.07, 6.45) is 2.27. The number of hydrogen-bond donors (Lipinski definition) is 2. The average Bonchev–Trinajstić information content (AvgIpc) is 2.69. The van der Waals surface area contributed by atoms with Gasteiger partial charge in [0.05, 0.1) is 12.8 Å². The first-order valence-corrected chi connectivity index (χ1v) is 8.32. The summed E-state index contributed by atoms with van der Waals surface area (Å²) in [5.41, 5.74) is 2.99. The second-order valence-corrected chi connectivity index (χ2v) is 5.58. The lowest BCUT2D eigenvalue weighted by Crippen LogP contribution is -2.15. The SMILES string of the molecule is CCc1ccccc1Nc1cc(C(=O)Nc2ccccc2OC)ncn1. The Balaban J connectivity index is 1.79. The summed E-state index contributed by atoms with van der Waals surface area (Å²) in [7, 11) is 1.56. The van der Waals surface area contributed by atoms with Crippen molar-refractivity contribution in [1.29, 1.82) is 0 Å². The standard InChI is InChI=1S/C20H20N4O2/c1-3-14-8-4-5-9-15(14)23-19-12-17(21-13-22-19)20(25)24-16-10-6-7-11-18(16)26-2/h4-13H,3H2,1-2H3,(H,24,25)(H,21,22,23). The number of aryl methyl sites for hydroxylation is 1. The van der Waals surface area contributed by atoms with Crippen LogP contribution in [0, 0.1) is 0 Å². The smallest absolute Gasteiger partial charge is 0.274 e. The van der Waals surface area contributed by atoms with Gasteiger partial charge >= 0.3 is 0 Å². The second-order valence-electron chi connectivity index (χ2n) is 5.58. The summed E-state index contributed by atoms with van der Waals surface area (Å²) in [5, 5.41) is 6.06. The van der Waals surface area contributed by atoms with Gasteiger partial charge in [0.1, 0.15) is 23.6 Å². The highest BCUT2D eigenvalue weighted by molar-refractivity contribution is 6.04. The fraction of sp³-hybridized carbons (Fsp3) is 0.150. The van der Waals surface area contributed by atoms with Crippen molar-refractivity contribution in [2.45, 2.75) is 13.3 Å². The van der Waals surface area contributed by atoms with Gasteiger partial charge in [-0.3, -0.25) is 4.79 Å². The molecule has 0 spiro atoms. The molecule has 3 aromatic rings. The van der Waals surface area contributed by atoms with Crippen molar-refractivity contribution >= 4 is 23.1 Å². The summed E-state index contributed by atoms with van der Waals surface area (Å²) in [6.45, 7) is 2.09. The topological polar surface area (TPSA) is 76.1 Å². The summed E-state index contributed by atoms with van der Waals surface area (Å²) in [4.78, 5) is 20.8. The molecule has 0 atom stereocenters. The van der Waals surface area contributed by atoms with Crippen molar-refractivity contribution in [1.82, 2.24) is 9.97 Å². The fourth-order valence-electron chi connectivity index (χ4n) is 2.57. The van der Waals surface area contributed by atoms with Crippen LogP contribution < -0.4 is 15.4 Å².